The minimum atomic E-state index is -0.329. The minimum Gasteiger partial charge on any atom is -0.297 e. The van der Waals surface area contributed by atoms with Crippen LogP contribution in [0.25, 0.3) is 0 Å². The summed E-state index contributed by atoms with van der Waals surface area (Å²) in [5.74, 6) is 0. The summed E-state index contributed by atoms with van der Waals surface area (Å²) in [7, 11) is 0. The second-order valence-electron chi connectivity index (χ2n) is 4.32. The summed E-state index contributed by atoms with van der Waals surface area (Å²) in [6.07, 6.45) is 0. The number of hydrogen-bond donors (Lipinski definition) is 1. The first-order valence-corrected chi connectivity index (χ1v) is 4.71. The van der Waals surface area contributed by atoms with Crippen molar-refractivity contribution in [2.45, 2.75) is 39.7 Å². The summed E-state index contributed by atoms with van der Waals surface area (Å²) in [5.41, 5.74) is -0.0769. The third-order valence-electron chi connectivity index (χ3n) is 2.12. The van der Waals surface area contributed by atoms with Crippen LogP contribution >= 0.6 is 0 Å². The Morgan fingerprint density at radius 3 is 2.36 bits per heavy atom. The van der Waals surface area contributed by atoms with Crippen LogP contribution in [0.2, 0.25) is 0 Å². The van der Waals surface area contributed by atoms with E-state index in [9.17, 15) is 9.59 Å². The Morgan fingerprint density at radius 2 is 1.93 bits per heavy atom. The van der Waals surface area contributed by atoms with Crippen LogP contribution in [0.1, 0.15) is 33.4 Å². The molecule has 0 atom stereocenters. The Balaban J connectivity index is 3.57. The van der Waals surface area contributed by atoms with Gasteiger partial charge in [-0.3, -0.25) is 14.3 Å². The largest absolute Gasteiger partial charge is 0.328 e. The van der Waals surface area contributed by atoms with Gasteiger partial charge in [0.1, 0.15) is 0 Å². The Morgan fingerprint density at radius 1 is 1.36 bits per heavy atom. The standard InChI is InChI=1S/C10H16N2O2/c1-5-12-7(10(2,3)4)6-8(13)11-9(12)14/h6H,5H2,1-4H3,(H,11,13,14). The Hall–Kier alpha value is -1.32. The molecule has 0 saturated heterocycles. The van der Waals surface area contributed by atoms with Gasteiger partial charge in [-0.1, -0.05) is 20.8 Å². The van der Waals surface area contributed by atoms with E-state index in [4.69, 9.17) is 0 Å². The molecule has 1 rings (SSSR count). The van der Waals surface area contributed by atoms with Gasteiger partial charge in [0.15, 0.2) is 0 Å². The van der Waals surface area contributed by atoms with E-state index < -0.39 is 0 Å². The zero-order valence-corrected chi connectivity index (χ0v) is 9.05. The third kappa shape index (κ3) is 1.95. The smallest absolute Gasteiger partial charge is 0.297 e. The SMILES string of the molecule is CCn1c(C(C)(C)C)cc(=O)[nH]c1=O. The van der Waals surface area contributed by atoms with Crippen LogP contribution in [-0.2, 0) is 12.0 Å². The van der Waals surface area contributed by atoms with Gasteiger partial charge in [0.25, 0.3) is 5.56 Å². The fraction of sp³-hybridized carbons (Fsp3) is 0.600. The molecular weight excluding hydrogens is 180 g/mol. The Labute approximate surface area is 82.6 Å². The van der Waals surface area contributed by atoms with Gasteiger partial charge in [0, 0.05) is 23.7 Å². The van der Waals surface area contributed by atoms with Gasteiger partial charge in [-0.15, -0.1) is 0 Å². The molecule has 1 N–H and O–H groups in total. The van der Waals surface area contributed by atoms with Crippen LogP contribution in [0.4, 0.5) is 0 Å². The van der Waals surface area contributed by atoms with Crippen molar-refractivity contribution in [2.24, 2.45) is 0 Å². The molecule has 0 amide bonds. The lowest BCUT2D eigenvalue weighted by molar-refractivity contribution is 0.501. The Bertz CT molecular complexity index is 435. The fourth-order valence-corrected chi connectivity index (χ4v) is 1.46. The van der Waals surface area contributed by atoms with Gasteiger partial charge >= 0.3 is 5.69 Å². The van der Waals surface area contributed by atoms with E-state index in [-0.39, 0.29) is 16.7 Å². The molecule has 0 fully saturated rings. The predicted octanol–water partition coefficient (Wildman–Crippen LogP) is 0.854. The zero-order chi connectivity index (χ0) is 10.9. The number of nitrogens with zero attached hydrogens (tertiary/aromatic N) is 1. The van der Waals surface area contributed by atoms with Crippen molar-refractivity contribution in [3.8, 4) is 0 Å². The highest BCUT2D eigenvalue weighted by molar-refractivity contribution is 5.12. The van der Waals surface area contributed by atoms with Crippen molar-refractivity contribution in [3.63, 3.8) is 0 Å². The van der Waals surface area contributed by atoms with Crippen molar-refractivity contribution >= 4 is 0 Å². The van der Waals surface area contributed by atoms with Crippen LogP contribution in [0.15, 0.2) is 15.7 Å². The van der Waals surface area contributed by atoms with Gasteiger partial charge in [-0.2, -0.15) is 0 Å². The van der Waals surface area contributed by atoms with Crippen molar-refractivity contribution in [1.82, 2.24) is 9.55 Å². The van der Waals surface area contributed by atoms with Crippen molar-refractivity contribution in [2.75, 3.05) is 0 Å². The molecule has 0 aliphatic rings. The maximum absolute atomic E-state index is 11.4. The molecule has 0 saturated carbocycles. The van der Waals surface area contributed by atoms with Crippen LogP contribution in [0.5, 0.6) is 0 Å². The number of rotatable bonds is 1. The number of H-pyrrole nitrogens is 1. The first-order chi connectivity index (χ1) is 6.36. The second-order valence-corrected chi connectivity index (χ2v) is 4.32. The van der Waals surface area contributed by atoms with Gasteiger partial charge < -0.3 is 0 Å². The number of nitrogens with one attached hydrogen (secondary N) is 1. The topological polar surface area (TPSA) is 54.9 Å². The maximum atomic E-state index is 11.4. The number of aromatic amines is 1. The lowest BCUT2D eigenvalue weighted by Gasteiger charge is -2.22. The van der Waals surface area contributed by atoms with Gasteiger partial charge in [-0.25, -0.2) is 4.79 Å². The van der Waals surface area contributed by atoms with Gasteiger partial charge in [0.2, 0.25) is 0 Å². The maximum Gasteiger partial charge on any atom is 0.328 e. The average Bonchev–Trinajstić information content (AvgIpc) is 2.01. The first-order valence-electron chi connectivity index (χ1n) is 4.71. The lowest BCUT2D eigenvalue weighted by Crippen LogP contribution is -2.35. The molecule has 0 aliphatic carbocycles. The molecule has 0 radical (unpaired) electrons. The minimum absolute atomic E-state index is 0.191. The average molecular weight is 196 g/mol. The first kappa shape index (κ1) is 10.8. The monoisotopic (exact) mass is 196 g/mol. The van der Waals surface area contributed by atoms with E-state index in [1.165, 1.54) is 6.07 Å². The second kappa shape index (κ2) is 3.44. The summed E-state index contributed by atoms with van der Waals surface area (Å²) < 4.78 is 1.58. The zero-order valence-electron chi connectivity index (χ0n) is 9.05. The summed E-state index contributed by atoms with van der Waals surface area (Å²) in [6.45, 7) is 8.39. The molecule has 14 heavy (non-hydrogen) atoms. The normalized spacial score (nSPS) is 11.7. The Kier molecular flexibility index (Phi) is 2.64. The molecular formula is C10H16N2O2. The molecule has 0 unspecified atom stereocenters. The van der Waals surface area contributed by atoms with Crippen molar-refractivity contribution in [1.29, 1.82) is 0 Å². The van der Waals surface area contributed by atoms with Crippen LogP contribution in [-0.4, -0.2) is 9.55 Å². The summed E-state index contributed by atoms with van der Waals surface area (Å²) in [4.78, 5) is 24.9. The summed E-state index contributed by atoms with van der Waals surface area (Å²) in [6, 6.07) is 1.49. The third-order valence-corrected chi connectivity index (χ3v) is 2.12. The predicted molar refractivity (Wildman–Crippen MR) is 55.7 cm³/mol. The van der Waals surface area contributed by atoms with E-state index in [0.29, 0.717) is 6.54 Å². The lowest BCUT2D eigenvalue weighted by atomic mass is 9.91. The van der Waals surface area contributed by atoms with E-state index in [2.05, 4.69) is 4.98 Å². The molecule has 0 aliphatic heterocycles. The highest BCUT2D eigenvalue weighted by atomic mass is 16.2. The molecule has 4 nitrogen and oxygen atoms in total. The quantitative estimate of drug-likeness (QED) is 0.724. The fourth-order valence-electron chi connectivity index (χ4n) is 1.46. The van der Waals surface area contributed by atoms with Crippen molar-refractivity contribution < 1.29 is 0 Å². The molecule has 1 aromatic heterocycles. The highest BCUT2D eigenvalue weighted by Crippen LogP contribution is 2.18. The summed E-state index contributed by atoms with van der Waals surface area (Å²) in [5, 5.41) is 0. The highest BCUT2D eigenvalue weighted by Gasteiger charge is 2.18. The molecule has 1 heterocycles. The van der Waals surface area contributed by atoms with E-state index in [0.717, 1.165) is 5.69 Å². The van der Waals surface area contributed by atoms with E-state index >= 15 is 0 Å². The molecule has 4 heteroatoms. The molecule has 1 aromatic rings. The van der Waals surface area contributed by atoms with Gasteiger partial charge in [-0.05, 0) is 6.92 Å². The van der Waals surface area contributed by atoms with Crippen LogP contribution in [0.3, 0.4) is 0 Å². The van der Waals surface area contributed by atoms with E-state index in [1.54, 1.807) is 4.57 Å². The van der Waals surface area contributed by atoms with Gasteiger partial charge in [0.05, 0.1) is 0 Å². The van der Waals surface area contributed by atoms with Crippen LogP contribution < -0.4 is 11.2 Å². The molecule has 0 spiro atoms. The summed E-state index contributed by atoms with van der Waals surface area (Å²) >= 11 is 0. The molecule has 78 valence electrons. The number of aromatic nitrogens is 2. The van der Waals surface area contributed by atoms with E-state index in [1.807, 2.05) is 27.7 Å². The van der Waals surface area contributed by atoms with Crippen molar-refractivity contribution in [3.05, 3.63) is 32.6 Å². The number of hydrogen-bond acceptors (Lipinski definition) is 2. The van der Waals surface area contributed by atoms with Crippen LogP contribution in [0, 0.1) is 0 Å². The molecule has 0 aromatic carbocycles. The molecule has 0 bridgehead atoms.